The average Bonchev–Trinajstić information content (AvgIpc) is 3.33. The number of nitrogens with one attached hydrogen (secondary N) is 1. The molecule has 35 heavy (non-hydrogen) atoms. The first-order chi connectivity index (χ1) is 17.0. The van der Waals surface area contributed by atoms with Crippen molar-refractivity contribution in [1.29, 1.82) is 0 Å². The van der Waals surface area contributed by atoms with Crippen molar-refractivity contribution in [1.82, 2.24) is 5.32 Å². The van der Waals surface area contributed by atoms with Gasteiger partial charge in [-0.3, -0.25) is 9.59 Å². The maximum absolute atomic E-state index is 12.3. The van der Waals surface area contributed by atoms with E-state index in [2.05, 4.69) is 19.2 Å². The van der Waals surface area contributed by atoms with Gasteiger partial charge in [-0.2, -0.15) is 0 Å². The number of rotatable bonds is 11. The van der Waals surface area contributed by atoms with Crippen LogP contribution in [0.4, 0.5) is 0 Å². The Morgan fingerprint density at radius 3 is 2.49 bits per heavy atom. The topological polar surface area (TPSA) is 94.1 Å². The molecule has 1 amide bonds. The van der Waals surface area contributed by atoms with Crippen LogP contribution in [0.1, 0.15) is 56.6 Å². The molecule has 3 aromatic rings. The Kier molecular flexibility index (Phi) is 7.75. The molecule has 7 heteroatoms. The van der Waals surface area contributed by atoms with Crippen LogP contribution in [-0.2, 0) is 9.59 Å². The van der Waals surface area contributed by atoms with E-state index in [1.807, 2.05) is 54.6 Å². The summed E-state index contributed by atoms with van der Waals surface area (Å²) in [5, 5.41) is 14.5. The first kappa shape index (κ1) is 24.4. The summed E-state index contributed by atoms with van der Waals surface area (Å²) in [5.74, 6) is 0.495. The number of aliphatic carboxylic acids is 1. The molecule has 7 nitrogen and oxygen atoms in total. The molecular weight excluding hydrogens is 446 g/mol. The summed E-state index contributed by atoms with van der Waals surface area (Å²) < 4.78 is 16.6. The van der Waals surface area contributed by atoms with Gasteiger partial charge in [-0.05, 0) is 59.0 Å². The predicted molar refractivity (Wildman–Crippen MR) is 133 cm³/mol. The standard InChI is InChI=1S/C28H31NO6/c1-3-5-22(4-2)29-27(30)16-33-23-10-8-18-6-7-19(12-21(18)13-23)24(15-28(31)32)20-9-11-25-26(14-20)35-17-34-25/h6-14,22,24H,3-5,15-17H2,1-2H3,(H,29,30)(H,31,32). The van der Waals surface area contributed by atoms with Gasteiger partial charge in [0.15, 0.2) is 18.1 Å². The van der Waals surface area contributed by atoms with Crippen LogP contribution >= 0.6 is 0 Å². The van der Waals surface area contributed by atoms with Crippen LogP contribution in [0, 0.1) is 0 Å². The van der Waals surface area contributed by atoms with Gasteiger partial charge >= 0.3 is 5.97 Å². The second-order valence-electron chi connectivity index (χ2n) is 8.78. The van der Waals surface area contributed by atoms with Crippen LogP contribution in [-0.4, -0.2) is 36.4 Å². The van der Waals surface area contributed by atoms with Gasteiger partial charge < -0.3 is 24.6 Å². The molecule has 0 radical (unpaired) electrons. The molecule has 2 unspecified atom stereocenters. The summed E-state index contributed by atoms with van der Waals surface area (Å²) in [7, 11) is 0. The van der Waals surface area contributed by atoms with Gasteiger partial charge in [0.05, 0.1) is 6.42 Å². The van der Waals surface area contributed by atoms with Crippen molar-refractivity contribution in [3.63, 3.8) is 0 Å². The largest absolute Gasteiger partial charge is 0.484 e. The molecule has 0 fully saturated rings. The lowest BCUT2D eigenvalue weighted by atomic mass is 9.87. The van der Waals surface area contributed by atoms with E-state index < -0.39 is 5.97 Å². The van der Waals surface area contributed by atoms with Crippen LogP contribution in [0.25, 0.3) is 10.8 Å². The molecule has 0 saturated heterocycles. The van der Waals surface area contributed by atoms with Crippen LogP contribution in [0.3, 0.4) is 0 Å². The lowest BCUT2D eigenvalue weighted by Gasteiger charge is -2.18. The van der Waals surface area contributed by atoms with Crippen molar-refractivity contribution >= 4 is 22.6 Å². The number of ether oxygens (including phenoxy) is 3. The quantitative estimate of drug-likeness (QED) is 0.392. The third kappa shape index (κ3) is 6.04. The SMILES string of the molecule is CCCC(CC)NC(=O)COc1ccc2ccc(C(CC(=O)O)c3ccc4c(c3)OCO4)cc2c1. The second kappa shape index (κ2) is 11.1. The minimum Gasteiger partial charge on any atom is -0.484 e. The van der Waals surface area contributed by atoms with Crippen molar-refractivity contribution < 1.29 is 28.9 Å². The molecule has 0 saturated carbocycles. The summed E-state index contributed by atoms with van der Waals surface area (Å²) in [6, 6.07) is 17.3. The van der Waals surface area contributed by atoms with E-state index >= 15 is 0 Å². The monoisotopic (exact) mass is 477 g/mol. The van der Waals surface area contributed by atoms with Gasteiger partial charge in [0, 0.05) is 12.0 Å². The molecule has 0 aliphatic carbocycles. The fourth-order valence-electron chi connectivity index (χ4n) is 4.43. The second-order valence-corrected chi connectivity index (χ2v) is 8.78. The fourth-order valence-corrected chi connectivity index (χ4v) is 4.43. The third-order valence-corrected chi connectivity index (χ3v) is 6.28. The van der Waals surface area contributed by atoms with Crippen molar-refractivity contribution in [2.24, 2.45) is 0 Å². The van der Waals surface area contributed by atoms with Gasteiger partial charge in [0.25, 0.3) is 5.91 Å². The molecular formula is C28H31NO6. The first-order valence-corrected chi connectivity index (χ1v) is 12.0. The first-order valence-electron chi connectivity index (χ1n) is 12.0. The number of carboxylic acids is 1. The molecule has 3 aromatic carbocycles. The number of fused-ring (bicyclic) bond motifs is 2. The Balaban J connectivity index is 1.54. The number of carbonyl (C=O) groups excluding carboxylic acids is 1. The number of hydrogen-bond donors (Lipinski definition) is 2. The van der Waals surface area contributed by atoms with E-state index in [9.17, 15) is 14.7 Å². The van der Waals surface area contributed by atoms with Crippen LogP contribution in [0.5, 0.6) is 17.2 Å². The fraction of sp³-hybridized carbons (Fsp3) is 0.357. The number of benzene rings is 3. The summed E-state index contributed by atoms with van der Waals surface area (Å²) in [6.45, 7) is 4.27. The van der Waals surface area contributed by atoms with Crippen molar-refractivity contribution in [2.75, 3.05) is 13.4 Å². The van der Waals surface area contributed by atoms with Crippen LogP contribution in [0.15, 0.2) is 54.6 Å². The lowest BCUT2D eigenvalue weighted by Crippen LogP contribution is -2.37. The highest BCUT2D eigenvalue weighted by Gasteiger charge is 2.22. The van der Waals surface area contributed by atoms with E-state index in [4.69, 9.17) is 14.2 Å². The Labute approximate surface area is 205 Å². The zero-order valence-corrected chi connectivity index (χ0v) is 20.1. The summed E-state index contributed by atoms with van der Waals surface area (Å²) in [6.07, 6.45) is 2.79. The smallest absolute Gasteiger partial charge is 0.304 e. The maximum atomic E-state index is 12.3. The van der Waals surface area contributed by atoms with Crippen molar-refractivity contribution in [3.8, 4) is 17.2 Å². The summed E-state index contributed by atoms with van der Waals surface area (Å²) in [5.41, 5.74) is 1.72. The maximum Gasteiger partial charge on any atom is 0.304 e. The van der Waals surface area contributed by atoms with E-state index in [1.54, 1.807) is 0 Å². The van der Waals surface area contributed by atoms with E-state index in [0.29, 0.717) is 17.2 Å². The molecule has 2 atom stereocenters. The lowest BCUT2D eigenvalue weighted by molar-refractivity contribution is -0.137. The highest BCUT2D eigenvalue weighted by Crippen LogP contribution is 2.38. The molecule has 1 heterocycles. The zero-order chi connectivity index (χ0) is 24.8. The van der Waals surface area contributed by atoms with Crippen LogP contribution in [0.2, 0.25) is 0 Å². The van der Waals surface area contributed by atoms with Crippen LogP contribution < -0.4 is 19.5 Å². The Morgan fingerprint density at radius 2 is 1.71 bits per heavy atom. The molecule has 1 aliphatic rings. The Bertz CT molecular complexity index is 1210. The molecule has 1 aliphatic heterocycles. The molecule has 0 bridgehead atoms. The van der Waals surface area contributed by atoms with Gasteiger partial charge in [-0.25, -0.2) is 0 Å². The number of carbonyl (C=O) groups is 2. The highest BCUT2D eigenvalue weighted by molar-refractivity contribution is 5.85. The minimum atomic E-state index is -0.885. The summed E-state index contributed by atoms with van der Waals surface area (Å²) in [4.78, 5) is 24.0. The summed E-state index contributed by atoms with van der Waals surface area (Å²) >= 11 is 0. The average molecular weight is 478 g/mol. The Morgan fingerprint density at radius 1 is 0.971 bits per heavy atom. The highest BCUT2D eigenvalue weighted by atomic mass is 16.7. The van der Waals surface area contributed by atoms with E-state index in [1.165, 1.54) is 0 Å². The normalized spacial score (nSPS) is 13.9. The molecule has 0 spiro atoms. The van der Waals surface area contributed by atoms with E-state index in [-0.39, 0.29) is 37.7 Å². The predicted octanol–water partition coefficient (Wildman–Crippen LogP) is 5.25. The zero-order valence-electron chi connectivity index (χ0n) is 20.1. The minimum absolute atomic E-state index is 0.0513. The van der Waals surface area contributed by atoms with Gasteiger partial charge in [0.1, 0.15) is 5.75 Å². The third-order valence-electron chi connectivity index (χ3n) is 6.28. The van der Waals surface area contributed by atoms with E-state index in [0.717, 1.165) is 41.2 Å². The molecule has 4 rings (SSSR count). The van der Waals surface area contributed by atoms with Gasteiger partial charge in [-0.1, -0.05) is 50.6 Å². The Hall–Kier alpha value is -3.74. The molecule has 2 N–H and O–H groups in total. The van der Waals surface area contributed by atoms with Gasteiger partial charge in [0.2, 0.25) is 6.79 Å². The van der Waals surface area contributed by atoms with Crippen molar-refractivity contribution in [3.05, 3.63) is 65.7 Å². The van der Waals surface area contributed by atoms with Crippen molar-refractivity contribution in [2.45, 2.75) is 51.5 Å². The molecule has 184 valence electrons. The number of hydrogen-bond acceptors (Lipinski definition) is 5. The number of amides is 1. The van der Waals surface area contributed by atoms with Gasteiger partial charge in [-0.15, -0.1) is 0 Å². The number of carboxylic acid groups (broad SMARTS) is 1. The molecule has 0 aromatic heterocycles.